The molecule has 5 nitrogen and oxygen atoms in total. The van der Waals surface area contributed by atoms with Gasteiger partial charge in [0.25, 0.3) is 5.91 Å². The maximum absolute atomic E-state index is 13.0. The van der Waals surface area contributed by atoms with Crippen molar-refractivity contribution in [3.8, 4) is 11.5 Å². The Morgan fingerprint density at radius 2 is 2.11 bits per heavy atom. The molecule has 0 aromatic heterocycles. The highest BCUT2D eigenvalue weighted by atomic mass is 16.5. The lowest BCUT2D eigenvalue weighted by atomic mass is 9.74. The zero-order chi connectivity index (χ0) is 19.0. The molecule has 1 amide bonds. The van der Waals surface area contributed by atoms with Crippen LogP contribution in [0.2, 0.25) is 0 Å². The van der Waals surface area contributed by atoms with Crippen LogP contribution in [-0.2, 0) is 6.42 Å². The first-order valence-corrected chi connectivity index (χ1v) is 9.45. The summed E-state index contributed by atoms with van der Waals surface area (Å²) in [4.78, 5) is 13.0. The lowest BCUT2D eigenvalue weighted by Crippen LogP contribution is -2.41. The smallest absolute Gasteiger partial charge is 0.252 e. The zero-order valence-corrected chi connectivity index (χ0v) is 15.7. The number of amides is 1. The predicted octanol–water partition coefficient (Wildman–Crippen LogP) is 3.18. The number of carbonyl (C=O) groups excluding carboxylic acids is 1. The normalized spacial score (nSPS) is 21.6. The van der Waals surface area contributed by atoms with Gasteiger partial charge in [-0.15, -0.1) is 0 Å². The van der Waals surface area contributed by atoms with Gasteiger partial charge >= 0.3 is 0 Å². The topological polar surface area (TPSA) is 67.8 Å². The van der Waals surface area contributed by atoms with Crippen LogP contribution >= 0.6 is 0 Å². The minimum atomic E-state index is -0.272. The van der Waals surface area contributed by atoms with Crippen LogP contribution in [0.4, 0.5) is 0 Å². The molecular formula is C22H25NO4. The molecule has 0 spiro atoms. The lowest BCUT2D eigenvalue weighted by Gasteiger charge is -2.38. The second-order valence-corrected chi connectivity index (χ2v) is 7.43. The van der Waals surface area contributed by atoms with Gasteiger partial charge in [0, 0.05) is 17.5 Å². The van der Waals surface area contributed by atoms with Crippen molar-refractivity contribution in [1.29, 1.82) is 0 Å². The first-order chi connectivity index (χ1) is 13.1. The van der Waals surface area contributed by atoms with E-state index in [2.05, 4.69) is 11.4 Å². The number of methoxy groups -OCH3 is 1. The molecule has 1 saturated carbocycles. The van der Waals surface area contributed by atoms with E-state index >= 15 is 0 Å². The summed E-state index contributed by atoms with van der Waals surface area (Å²) in [6.45, 7) is 2.60. The van der Waals surface area contributed by atoms with E-state index in [0.717, 1.165) is 23.3 Å². The first-order valence-electron chi connectivity index (χ1n) is 9.45. The fraction of sp³-hybridized carbons (Fsp3) is 0.409. The maximum Gasteiger partial charge on any atom is 0.252 e. The third-order valence-corrected chi connectivity index (χ3v) is 5.73. The SMILES string of the molecule is COc1cccc(C(=O)N[C@@H](c2ccc3c(c2)CCO3)C2CC(O)C2)c1C. The lowest BCUT2D eigenvalue weighted by molar-refractivity contribution is 0.0235. The van der Waals surface area contributed by atoms with Crippen molar-refractivity contribution in [2.75, 3.05) is 13.7 Å². The molecule has 0 bridgehead atoms. The van der Waals surface area contributed by atoms with Crippen molar-refractivity contribution < 1.29 is 19.4 Å². The van der Waals surface area contributed by atoms with E-state index in [4.69, 9.17) is 9.47 Å². The molecule has 0 radical (unpaired) electrons. The second kappa shape index (κ2) is 7.24. The van der Waals surface area contributed by atoms with E-state index in [-0.39, 0.29) is 24.0 Å². The monoisotopic (exact) mass is 367 g/mol. The van der Waals surface area contributed by atoms with Crippen molar-refractivity contribution >= 4 is 5.91 Å². The maximum atomic E-state index is 13.0. The van der Waals surface area contributed by atoms with Crippen LogP contribution in [0.1, 0.15) is 45.9 Å². The van der Waals surface area contributed by atoms with Crippen LogP contribution in [-0.4, -0.2) is 30.8 Å². The number of aliphatic hydroxyl groups excluding tert-OH is 1. The summed E-state index contributed by atoms with van der Waals surface area (Å²) in [5.74, 6) is 1.75. The van der Waals surface area contributed by atoms with E-state index in [1.54, 1.807) is 7.11 Å². The number of aliphatic hydroxyl groups is 1. The molecule has 1 aliphatic carbocycles. The highest BCUT2D eigenvalue weighted by Crippen LogP contribution is 2.40. The van der Waals surface area contributed by atoms with Crippen LogP contribution in [0.5, 0.6) is 11.5 Å². The second-order valence-electron chi connectivity index (χ2n) is 7.43. The molecule has 1 fully saturated rings. The summed E-state index contributed by atoms with van der Waals surface area (Å²) in [7, 11) is 1.61. The number of fused-ring (bicyclic) bond motifs is 1. The summed E-state index contributed by atoms with van der Waals surface area (Å²) in [6.07, 6.45) is 2.03. The van der Waals surface area contributed by atoms with Crippen LogP contribution < -0.4 is 14.8 Å². The molecule has 4 rings (SSSR count). The number of nitrogens with one attached hydrogen (secondary N) is 1. The average Bonchev–Trinajstić information content (AvgIpc) is 3.11. The molecule has 1 aliphatic heterocycles. The van der Waals surface area contributed by atoms with E-state index < -0.39 is 0 Å². The number of rotatable bonds is 5. The third-order valence-electron chi connectivity index (χ3n) is 5.73. The summed E-state index contributed by atoms with van der Waals surface area (Å²) in [5.41, 5.74) is 3.70. The van der Waals surface area contributed by atoms with Crippen molar-refractivity contribution in [2.24, 2.45) is 5.92 Å². The van der Waals surface area contributed by atoms with Gasteiger partial charge in [-0.2, -0.15) is 0 Å². The third kappa shape index (κ3) is 3.39. The molecule has 27 heavy (non-hydrogen) atoms. The Kier molecular flexibility index (Phi) is 4.79. The highest BCUT2D eigenvalue weighted by Gasteiger charge is 2.36. The van der Waals surface area contributed by atoms with Gasteiger partial charge < -0.3 is 19.9 Å². The molecule has 0 unspecified atom stereocenters. The summed E-state index contributed by atoms with van der Waals surface area (Å²) < 4.78 is 10.9. The van der Waals surface area contributed by atoms with Crippen LogP contribution in [0.25, 0.3) is 0 Å². The van der Waals surface area contributed by atoms with E-state index in [1.165, 1.54) is 5.56 Å². The first kappa shape index (κ1) is 17.9. The zero-order valence-electron chi connectivity index (χ0n) is 15.7. The minimum Gasteiger partial charge on any atom is -0.496 e. The molecule has 2 aromatic rings. The standard InChI is InChI=1S/C22H25NO4/c1-13-18(4-3-5-19(13)26-2)22(25)23-21(16-11-17(24)12-16)15-6-7-20-14(10-15)8-9-27-20/h3-7,10,16-17,21,24H,8-9,11-12H2,1-2H3,(H,23,25)/t16?,17?,21-/m0/s1. The Bertz CT molecular complexity index is 857. The molecular weight excluding hydrogens is 342 g/mol. The Morgan fingerprint density at radius 1 is 1.30 bits per heavy atom. The highest BCUT2D eigenvalue weighted by molar-refractivity contribution is 5.96. The van der Waals surface area contributed by atoms with E-state index in [1.807, 2.05) is 37.3 Å². The number of carbonyl (C=O) groups is 1. The summed E-state index contributed by atoms with van der Waals surface area (Å²) in [6, 6.07) is 11.5. The molecule has 2 aliphatic rings. The van der Waals surface area contributed by atoms with E-state index in [0.29, 0.717) is 30.8 Å². The van der Waals surface area contributed by atoms with Crippen molar-refractivity contribution in [2.45, 2.75) is 38.3 Å². The molecule has 1 atom stereocenters. The number of hydrogen-bond acceptors (Lipinski definition) is 4. The summed E-state index contributed by atoms with van der Waals surface area (Å²) in [5, 5.41) is 13.0. The molecule has 2 N–H and O–H groups in total. The van der Waals surface area contributed by atoms with Gasteiger partial charge in [-0.1, -0.05) is 12.1 Å². The van der Waals surface area contributed by atoms with Gasteiger partial charge in [0.05, 0.1) is 25.9 Å². The Morgan fingerprint density at radius 3 is 2.85 bits per heavy atom. The Labute approximate surface area is 159 Å². The molecule has 142 valence electrons. The molecule has 0 saturated heterocycles. The number of benzene rings is 2. The van der Waals surface area contributed by atoms with Crippen LogP contribution in [0.15, 0.2) is 36.4 Å². The Hall–Kier alpha value is -2.53. The van der Waals surface area contributed by atoms with Crippen molar-refractivity contribution in [3.05, 3.63) is 58.7 Å². The van der Waals surface area contributed by atoms with Gasteiger partial charge in [0.15, 0.2) is 0 Å². The van der Waals surface area contributed by atoms with Crippen molar-refractivity contribution in [1.82, 2.24) is 5.32 Å². The number of hydrogen-bond donors (Lipinski definition) is 2. The Balaban J connectivity index is 1.61. The van der Waals surface area contributed by atoms with Gasteiger partial charge in [-0.25, -0.2) is 0 Å². The fourth-order valence-electron chi connectivity index (χ4n) is 4.08. The van der Waals surface area contributed by atoms with Crippen molar-refractivity contribution in [3.63, 3.8) is 0 Å². The summed E-state index contributed by atoms with van der Waals surface area (Å²) >= 11 is 0. The molecule has 5 heteroatoms. The van der Waals surface area contributed by atoms with Gasteiger partial charge in [0.2, 0.25) is 0 Å². The molecule has 1 heterocycles. The fourth-order valence-corrected chi connectivity index (χ4v) is 4.08. The number of ether oxygens (including phenoxy) is 2. The van der Waals surface area contributed by atoms with Crippen LogP contribution in [0.3, 0.4) is 0 Å². The van der Waals surface area contributed by atoms with Gasteiger partial charge in [-0.3, -0.25) is 4.79 Å². The quantitative estimate of drug-likeness (QED) is 0.852. The molecule has 2 aromatic carbocycles. The van der Waals surface area contributed by atoms with Crippen LogP contribution in [0, 0.1) is 12.8 Å². The van der Waals surface area contributed by atoms with Gasteiger partial charge in [0.1, 0.15) is 11.5 Å². The average molecular weight is 367 g/mol. The largest absolute Gasteiger partial charge is 0.496 e. The van der Waals surface area contributed by atoms with E-state index in [9.17, 15) is 9.90 Å². The minimum absolute atomic E-state index is 0.116. The van der Waals surface area contributed by atoms with Gasteiger partial charge in [-0.05, 0) is 61.1 Å². The predicted molar refractivity (Wildman–Crippen MR) is 102 cm³/mol.